The number of nitrogens with one attached hydrogen (secondary N) is 1. The van der Waals surface area contributed by atoms with Crippen molar-refractivity contribution in [3.63, 3.8) is 0 Å². The highest BCUT2D eigenvalue weighted by Crippen LogP contribution is 2.44. The highest BCUT2D eigenvalue weighted by atomic mass is 16.6. The Kier molecular flexibility index (Phi) is 3.93. The van der Waals surface area contributed by atoms with Gasteiger partial charge in [0.1, 0.15) is 5.60 Å². The summed E-state index contributed by atoms with van der Waals surface area (Å²) < 4.78 is 5.53. The molecule has 2 rings (SSSR count). The van der Waals surface area contributed by atoms with Gasteiger partial charge in [-0.15, -0.1) is 0 Å². The lowest BCUT2D eigenvalue weighted by Gasteiger charge is -2.36. The Labute approximate surface area is 108 Å². The third-order valence-corrected chi connectivity index (χ3v) is 4.02. The van der Waals surface area contributed by atoms with Gasteiger partial charge in [-0.1, -0.05) is 20.3 Å². The molecule has 0 unspecified atom stereocenters. The van der Waals surface area contributed by atoms with Crippen molar-refractivity contribution >= 4 is 11.9 Å². The molecule has 2 fully saturated rings. The Hall–Kier alpha value is -1.06. The number of hydrogen-bond acceptors (Lipinski definition) is 3. The molecule has 1 saturated heterocycles. The molecule has 18 heavy (non-hydrogen) atoms. The van der Waals surface area contributed by atoms with Crippen molar-refractivity contribution in [2.24, 2.45) is 11.8 Å². The molecule has 1 amide bonds. The second-order valence-electron chi connectivity index (χ2n) is 6.00. The fourth-order valence-electron chi connectivity index (χ4n) is 3.05. The fourth-order valence-corrected chi connectivity index (χ4v) is 3.05. The average molecular weight is 253 g/mol. The Balaban J connectivity index is 2.04. The van der Waals surface area contributed by atoms with Crippen LogP contribution in [0, 0.1) is 11.8 Å². The lowest BCUT2D eigenvalue weighted by molar-refractivity contribution is -0.153. The summed E-state index contributed by atoms with van der Waals surface area (Å²) in [4.78, 5) is 23.8. The molecule has 1 atom stereocenters. The molecule has 102 valence electrons. The van der Waals surface area contributed by atoms with Crippen LogP contribution >= 0.6 is 0 Å². The standard InChI is InChI=1S/C14H23NO3/c1-10(2)9-15-13(17)11-8-12(16)18-14(11)6-4-3-5-7-14/h10-11H,3-9H2,1-2H3,(H,15,17)/t11-/m1/s1. The highest BCUT2D eigenvalue weighted by molar-refractivity contribution is 5.87. The molecule has 1 saturated carbocycles. The van der Waals surface area contributed by atoms with Crippen molar-refractivity contribution in [3.8, 4) is 0 Å². The Morgan fingerprint density at radius 2 is 2.06 bits per heavy atom. The lowest BCUT2D eigenvalue weighted by atomic mass is 9.75. The van der Waals surface area contributed by atoms with Crippen molar-refractivity contribution in [2.75, 3.05) is 6.54 Å². The summed E-state index contributed by atoms with van der Waals surface area (Å²) in [5.74, 6) is -0.0589. The first-order chi connectivity index (χ1) is 8.53. The average Bonchev–Trinajstić information content (AvgIpc) is 2.64. The molecule has 2 aliphatic rings. The van der Waals surface area contributed by atoms with E-state index >= 15 is 0 Å². The minimum Gasteiger partial charge on any atom is -0.458 e. The highest BCUT2D eigenvalue weighted by Gasteiger charge is 2.52. The molecule has 4 heteroatoms. The van der Waals surface area contributed by atoms with Crippen molar-refractivity contribution < 1.29 is 14.3 Å². The maximum Gasteiger partial charge on any atom is 0.307 e. The summed E-state index contributed by atoms with van der Waals surface area (Å²) in [7, 11) is 0. The van der Waals surface area contributed by atoms with Gasteiger partial charge in [0, 0.05) is 6.54 Å². The van der Waals surface area contributed by atoms with E-state index in [4.69, 9.17) is 4.74 Å². The van der Waals surface area contributed by atoms with E-state index in [0.29, 0.717) is 12.5 Å². The second kappa shape index (κ2) is 5.29. The van der Waals surface area contributed by atoms with Crippen LogP contribution in [0.3, 0.4) is 0 Å². The summed E-state index contributed by atoms with van der Waals surface area (Å²) in [6.45, 7) is 4.79. The Morgan fingerprint density at radius 3 is 2.67 bits per heavy atom. The molecule has 0 aromatic heterocycles. The third-order valence-electron chi connectivity index (χ3n) is 4.02. The molecule has 4 nitrogen and oxygen atoms in total. The predicted octanol–water partition coefficient (Wildman–Crippen LogP) is 2.02. The first-order valence-electron chi connectivity index (χ1n) is 7.03. The maximum atomic E-state index is 12.2. The molecule has 0 aromatic rings. The van der Waals surface area contributed by atoms with Crippen LogP contribution in [0.15, 0.2) is 0 Å². The van der Waals surface area contributed by atoms with Gasteiger partial charge in [0.15, 0.2) is 0 Å². The fraction of sp³-hybridized carbons (Fsp3) is 0.857. The summed E-state index contributed by atoms with van der Waals surface area (Å²) in [6.07, 6.45) is 5.24. The summed E-state index contributed by atoms with van der Waals surface area (Å²) in [5, 5.41) is 2.95. The van der Waals surface area contributed by atoms with Crippen LogP contribution in [-0.4, -0.2) is 24.0 Å². The van der Waals surface area contributed by atoms with Crippen LogP contribution in [0.4, 0.5) is 0 Å². The van der Waals surface area contributed by atoms with Crippen LogP contribution in [0.5, 0.6) is 0 Å². The first-order valence-corrected chi connectivity index (χ1v) is 7.03. The first kappa shape index (κ1) is 13.4. The number of rotatable bonds is 3. The van der Waals surface area contributed by atoms with E-state index in [1.807, 2.05) is 0 Å². The third kappa shape index (κ3) is 2.68. The monoisotopic (exact) mass is 253 g/mol. The molecule has 1 N–H and O–H groups in total. The number of amides is 1. The van der Waals surface area contributed by atoms with Gasteiger partial charge in [0.05, 0.1) is 12.3 Å². The normalized spacial score (nSPS) is 26.4. The topological polar surface area (TPSA) is 55.4 Å². The van der Waals surface area contributed by atoms with E-state index in [-0.39, 0.29) is 24.2 Å². The van der Waals surface area contributed by atoms with Crippen molar-refractivity contribution in [3.05, 3.63) is 0 Å². The number of hydrogen-bond donors (Lipinski definition) is 1. The van der Waals surface area contributed by atoms with Crippen LogP contribution in [0.25, 0.3) is 0 Å². The maximum absolute atomic E-state index is 12.2. The zero-order chi connectivity index (χ0) is 13.2. The number of carbonyl (C=O) groups is 2. The molecular weight excluding hydrogens is 230 g/mol. The minimum absolute atomic E-state index is 0.00329. The summed E-state index contributed by atoms with van der Waals surface area (Å²) in [6, 6.07) is 0. The second-order valence-corrected chi connectivity index (χ2v) is 6.00. The van der Waals surface area contributed by atoms with Gasteiger partial charge in [-0.05, 0) is 31.6 Å². The Morgan fingerprint density at radius 1 is 1.39 bits per heavy atom. The molecule has 0 radical (unpaired) electrons. The van der Waals surface area contributed by atoms with Crippen LogP contribution in [-0.2, 0) is 14.3 Å². The van der Waals surface area contributed by atoms with Gasteiger partial charge in [-0.3, -0.25) is 9.59 Å². The molecule has 1 aliphatic heterocycles. The quantitative estimate of drug-likeness (QED) is 0.783. The lowest BCUT2D eigenvalue weighted by Crippen LogP contribution is -2.46. The molecular formula is C14H23NO3. The SMILES string of the molecule is CC(C)CNC(=O)[C@H]1CC(=O)OC12CCCCC2. The van der Waals surface area contributed by atoms with Crippen molar-refractivity contribution in [2.45, 2.75) is 58.0 Å². The van der Waals surface area contributed by atoms with Gasteiger partial charge >= 0.3 is 5.97 Å². The van der Waals surface area contributed by atoms with E-state index in [9.17, 15) is 9.59 Å². The zero-order valence-electron chi connectivity index (χ0n) is 11.3. The minimum atomic E-state index is -0.490. The number of carbonyl (C=O) groups excluding carboxylic acids is 2. The molecule has 1 spiro atoms. The Bertz CT molecular complexity index is 332. The van der Waals surface area contributed by atoms with Gasteiger partial charge in [-0.25, -0.2) is 0 Å². The van der Waals surface area contributed by atoms with Crippen LogP contribution < -0.4 is 5.32 Å². The van der Waals surface area contributed by atoms with E-state index < -0.39 is 5.60 Å². The molecule has 0 bridgehead atoms. The molecule has 1 heterocycles. The molecule has 0 aromatic carbocycles. The summed E-state index contributed by atoms with van der Waals surface area (Å²) in [5.41, 5.74) is -0.490. The van der Waals surface area contributed by atoms with Gasteiger partial charge in [-0.2, -0.15) is 0 Å². The van der Waals surface area contributed by atoms with Gasteiger partial charge < -0.3 is 10.1 Å². The van der Waals surface area contributed by atoms with E-state index in [0.717, 1.165) is 25.7 Å². The van der Waals surface area contributed by atoms with Gasteiger partial charge in [0.25, 0.3) is 0 Å². The predicted molar refractivity (Wildman–Crippen MR) is 67.9 cm³/mol. The van der Waals surface area contributed by atoms with Crippen LogP contribution in [0.2, 0.25) is 0 Å². The van der Waals surface area contributed by atoms with E-state index in [1.54, 1.807) is 0 Å². The number of esters is 1. The summed E-state index contributed by atoms with van der Waals surface area (Å²) >= 11 is 0. The van der Waals surface area contributed by atoms with Crippen molar-refractivity contribution in [1.29, 1.82) is 0 Å². The van der Waals surface area contributed by atoms with Gasteiger partial charge in [0.2, 0.25) is 5.91 Å². The van der Waals surface area contributed by atoms with Crippen LogP contribution in [0.1, 0.15) is 52.4 Å². The molecule has 1 aliphatic carbocycles. The zero-order valence-corrected chi connectivity index (χ0v) is 11.3. The largest absolute Gasteiger partial charge is 0.458 e. The number of ether oxygens (including phenoxy) is 1. The van der Waals surface area contributed by atoms with E-state index in [1.165, 1.54) is 6.42 Å². The van der Waals surface area contributed by atoms with E-state index in [2.05, 4.69) is 19.2 Å². The smallest absolute Gasteiger partial charge is 0.307 e. The van der Waals surface area contributed by atoms with Crippen molar-refractivity contribution in [1.82, 2.24) is 5.32 Å².